The Morgan fingerprint density at radius 1 is 0.970 bits per heavy atom. The molecule has 0 fully saturated rings. The number of carbonyl (C=O) groups is 1. The van der Waals surface area contributed by atoms with Gasteiger partial charge >= 0.3 is 0 Å². The standard InChI is InChI=1S/C26H21N5O2/c1-2-20-14-25(23-12-17(15-32)9-11-24(23)27-20)33-16-18-8-10-21(19-6-4-3-5-7-19)22(13-18)26-28-30-31-29-26/h3-15H,2,16H2,1H3,(H,28,29,30,31). The number of aromatic nitrogens is 5. The smallest absolute Gasteiger partial charge is 0.205 e. The first-order valence-electron chi connectivity index (χ1n) is 10.7. The van der Waals surface area contributed by atoms with Gasteiger partial charge in [-0.2, -0.15) is 5.21 Å². The number of rotatable bonds is 7. The summed E-state index contributed by atoms with van der Waals surface area (Å²) in [5.41, 5.74) is 6.24. The van der Waals surface area contributed by atoms with Crippen LogP contribution in [0.1, 0.15) is 28.5 Å². The number of hydrogen-bond donors (Lipinski definition) is 1. The van der Waals surface area contributed by atoms with Crippen LogP contribution < -0.4 is 4.74 Å². The molecule has 0 radical (unpaired) electrons. The monoisotopic (exact) mass is 435 g/mol. The third-order valence-corrected chi connectivity index (χ3v) is 5.50. The maximum absolute atomic E-state index is 11.3. The Labute approximate surface area is 190 Å². The van der Waals surface area contributed by atoms with Crippen molar-refractivity contribution >= 4 is 17.2 Å². The molecule has 0 spiro atoms. The minimum Gasteiger partial charge on any atom is -0.488 e. The lowest BCUT2D eigenvalue weighted by molar-refractivity contribution is 0.112. The summed E-state index contributed by atoms with van der Waals surface area (Å²) in [5.74, 6) is 1.22. The van der Waals surface area contributed by atoms with Crippen molar-refractivity contribution < 1.29 is 9.53 Å². The van der Waals surface area contributed by atoms with Gasteiger partial charge in [-0.15, -0.1) is 10.2 Å². The van der Waals surface area contributed by atoms with E-state index in [4.69, 9.17) is 4.74 Å². The Kier molecular flexibility index (Phi) is 5.59. The first-order valence-corrected chi connectivity index (χ1v) is 10.7. The molecule has 1 N–H and O–H groups in total. The number of H-pyrrole nitrogens is 1. The molecule has 0 saturated carbocycles. The molecule has 5 rings (SSSR count). The summed E-state index contributed by atoms with van der Waals surface area (Å²) in [5, 5.41) is 15.4. The summed E-state index contributed by atoms with van der Waals surface area (Å²) in [6, 6.07) is 23.6. The Hall–Kier alpha value is -4.39. The fourth-order valence-electron chi connectivity index (χ4n) is 3.81. The highest BCUT2D eigenvalue weighted by Crippen LogP contribution is 2.32. The predicted octanol–water partition coefficient (Wildman–Crippen LogP) is 5.04. The van der Waals surface area contributed by atoms with E-state index in [2.05, 4.69) is 44.7 Å². The fraction of sp³-hybridized carbons (Fsp3) is 0.115. The zero-order valence-electron chi connectivity index (χ0n) is 18.0. The molecule has 7 heteroatoms. The highest BCUT2D eigenvalue weighted by molar-refractivity contribution is 5.91. The van der Waals surface area contributed by atoms with Gasteiger partial charge in [0.15, 0.2) is 0 Å². The quantitative estimate of drug-likeness (QED) is 0.360. The molecule has 0 unspecified atom stereocenters. The molecular formula is C26H21N5O2. The summed E-state index contributed by atoms with van der Waals surface area (Å²) in [7, 11) is 0. The van der Waals surface area contributed by atoms with Crippen LogP contribution in [0.4, 0.5) is 0 Å². The average molecular weight is 435 g/mol. The highest BCUT2D eigenvalue weighted by atomic mass is 16.5. The Morgan fingerprint density at radius 2 is 1.85 bits per heavy atom. The second-order valence-electron chi connectivity index (χ2n) is 7.63. The van der Waals surface area contributed by atoms with E-state index in [-0.39, 0.29) is 0 Å². The van der Waals surface area contributed by atoms with E-state index >= 15 is 0 Å². The van der Waals surface area contributed by atoms with Crippen LogP contribution in [0.2, 0.25) is 0 Å². The first-order chi connectivity index (χ1) is 16.2. The molecule has 5 aromatic rings. The van der Waals surface area contributed by atoms with Crippen LogP contribution in [0, 0.1) is 0 Å². The lowest BCUT2D eigenvalue weighted by Crippen LogP contribution is -2.00. The molecule has 3 aromatic carbocycles. The summed E-state index contributed by atoms with van der Waals surface area (Å²) < 4.78 is 6.25. The van der Waals surface area contributed by atoms with E-state index in [0.29, 0.717) is 23.7 Å². The van der Waals surface area contributed by atoms with Crippen LogP contribution in [-0.4, -0.2) is 31.9 Å². The number of ether oxygens (including phenoxy) is 1. The lowest BCUT2D eigenvalue weighted by atomic mass is 9.97. The molecule has 2 aromatic heterocycles. The van der Waals surface area contributed by atoms with Crippen molar-refractivity contribution in [3.05, 3.63) is 89.6 Å². The van der Waals surface area contributed by atoms with E-state index in [1.165, 1.54) is 0 Å². The van der Waals surface area contributed by atoms with Gasteiger partial charge in [-0.1, -0.05) is 49.4 Å². The summed E-state index contributed by atoms with van der Waals surface area (Å²) in [6.45, 7) is 2.39. The summed E-state index contributed by atoms with van der Waals surface area (Å²) in [6.07, 6.45) is 1.62. The molecule has 7 nitrogen and oxygen atoms in total. The van der Waals surface area contributed by atoms with Crippen LogP contribution >= 0.6 is 0 Å². The van der Waals surface area contributed by atoms with E-state index < -0.39 is 0 Å². The van der Waals surface area contributed by atoms with Crippen LogP contribution in [0.5, 0.6) is 5.75 Å². The Bertz CT molecular complexity index is 1420. The van der Waals surface area contributed by atoms with Gasteiger partial charge < -0.3 is 4.74 Å². The molecule has 0 bridgehead atoms. The molecule has 162 valence electrons. The van der Waals surface area contributed by atoms with Crippen LogP contribution in [0.25, 0.3) is 33.4 Å². The van der Waals surface area contributed by atoms with Gasteiger partial charge in [0.25, 0.3) is 0 Å². The van der Waals surface area contributed by atoms with Gasteiger partial charge in [0.1, 0.15) is 18.6 Å². The van der Waals surface area contributed by atoms with Crippen molar-refractivity contribution in [3.8, 4) is 28.3 Å². The number of carbonyl (C=O) groups excluding carboxylic acids is 1. The first kappa shape index (κ1) is 20.5. The van der Waals surface area contributed by atoms with Crippen molar-refractivity contribution in [2.75, 3.05) is 0 Å². The Morgan fingerprint density at radius 3 is 2.61 bits per heavy atom. The zero-order chi connectivity index (χ0) is 22.6. The van der Waals surface area contributed by atoms with Crippen molar-refractivity contribution in [3.63, 3.8) is 0 Å². The minimum absolute atomic E-state index is 0.341. The topological polar surface area (TPSA) is 93.7 Å². The van der Waals surface area contributed by atoms with Gasteiger partial charge in [-0.05, 0) is 52.6 Å². The van der Waals surface area contributed by atoms with Gasteiger partial charge in [0.2, 0.25) is 5.82 Å². The van der Waals surface area contributed by atoms with Gasteiger partial charge in [0, 0.05) is 28.3 Å². The number of aldehydes is 1. The van der Waals surface area contributed by atoms with Crippen LogP contribution in [0.3, 0.4) is 0 Å². The number of nitrogens with one attached hydrogen (secondary N) is 1. The summed E-state index contributed by atoms with van der Waals surface area (Å²) >= 11 is 0. The summed E-state index contributed by atoms with van der Waals surface area (Å²) in [4.78, 5) is 15.9. The molecule has 2 heterocycles. The number of fused-ring (bicyclic) bond motifs is 1. The second-order valence-corrected chi connectivity index (χ2v) is 7.63. The normalized spacial score (nSPS) is 10.9. The van der Waals surface area contributed by atoms with Crippen molar-refractivity contribution in [1.29, 1.82) is 0 Å². The molecule has 0 atom stereocenters. The third kappa shape index (κ3) is 4.21. The Balaban J connectivity index is 1.51. The van der Waals surface area contributed by atoms with Crippen LogP contribution in [0.15, 0.2) is 72.8 Å². The molecule has 0 saturated heterocycles. The minimum atomic E-state index is 0.341. The molecule has 0 aliphatic rings. The predicted molar refractivity (Wildman–Crippen MR) is 126 cm³/mol. The number of benzene rings is 3. The highest BCUT2D eigenvalue weighted by Gasteiger charge is 2.14. The molecule has 33 heavy (non-hydrogen) atoms. The molecule has 0 amide bonds. The van der Waals surface area contributed by atoms with Gasteiger partial charge in [-0.3, -0.25) is 9.78 Å². The van der Waals surface area contributed by atoms with Crippen molar-refractivity contribution in [1.82, 2.24) is 25.6 Å². The second kappa shape index (κ2) is 9.00. The number of aromatic amines is 1. The average Bonchev–Trinajstić information content (AvgIpc) is 3.42. The van der Waals surface area contributed by atoms with Crippen molar-refractivity contribution in [2.45, 2.75) is 20.0 Å². The van der Waals surface area contributed by atoms with E-state index in [0.717, 1.165) is 51.6 Å². The third-order valence-electron chi connectivity index (χ3n) is 5.50. The lowest BCUT2D eigenvalue weighted by Gasteiger charge is -2.13. The van der Waals surface area contributed by atoms with Crippen molar-refractivity contribution in [2.24, 2.45) is 0 Å². The number of nitrogens with zero attached hydrogens (tertiary/aromatic N) is 4. The molecule has 0 aliphatic carbocycles. The maximum Gasteiger partial charge on any atom is 0.205 e. The fourth-order valence-corrected chi connectivity index (χ4v) is 3.81. The van der Waals surface area contributed by atoms with E-state index in [1.54, 1.807) is 6.07 Å². The van der Waals surface area contributed by atoms with Gasteiger partial charge in [0.05, 0.1) is 5.52 Å². The van der Waals surface area contributed by atoms with Gasteiger partial charge in [-0.25, -0.2) is 0 Å². The number of hydrogen-bond acceptors (Lipinski definition) is 6. The largest absolute Gasteiger partial charge is 0.488 e. The number of tetrazole rings is 1. The van der Waals surface area contributed by atoms with E-state index in [9.17, 15) is 4.79 Å². The molecule has 0 aliphatic heterocycles. The van der Waals surface area contributed by atoms with Crippen LogP contribution in [-0.2, 0) is 13.0 Å². The SMILES string of the molecule is CCc1cc(OCc2ccc(-c3ccccc3)c(-c3nn[nH]n3)c2)c2cc(C=O)ccc2n1. The zero-order valence-corrected chi connectivity index (χ0v) is 18.0. The van der Waals surface area contributed by atoms with E-state index in [1.807, 2.05) is 54.6 Å². The molecular weight excluding hydrogens is 414 g/mol. The maximum atomic E-state index is 11.3. The number of pyridine rings is 1. The number of aryl methyl sites for hydroxylation is 1.